The Morgan fingerprint density at radius 1 is 1.40 bits per heavy atom. The maximum atomic E-state index is 11.8. The highest BCUT2D eigenvalue weighted by Gasteiger charge is 2.50. The van der Waals surface area contributed by atoms with Crippen molar-refractivity contribution in [2.45, 2.75) is 32.6 Å². The molecule has 15 heavy (non-hydrogen) atoms. The minimum absolute atomic E-state index is 0.0575. The Kier molecular flexibility index (Phi) is 1.63. The van der Waals surface area contributed by atoms with Crippen LogP contribution in [0.15, 0.2) is 23.3 Å². The lowest BCUT2D eigenvalue weighted by molar-refractivity contribution is -0.120. The van der Waals surface area contributed by atoms with Gasteiger partial charge in [-0.1, -0.05) is 11.6 Å². The molecule has 0 N–H and O–H groups in total. The van der Waals surface area contributed by atoms with E-state index in [2.05, 4.69) is 0 Å². The van der Waals surface area contributed by atoms with E-state index < -0.39 is 0 Å². The molecular formula is C13H14O2. The molecular weight excluding hydrogens is 188 g/mol. The first kappa shape index (κ1) is 9.08. The molecule has 3 aliphatic rings. The van der Waals surface area contributed by atoms with Crippen LogP contribution in [0, 0.1) is 11.3 Å². The summed E-state index contributed by atoms with van der Waals surface area (Å²) in [7, 11) is 0. The molecule has 0 saturated heterocycles. The summed E-state index contributed by atoms with van der Waals surface area (Å²) in [5.41, 5.74) is 2.08. The Morgan fingerprint density at radius 3 is 3.00 bits per heavy atom. The van der Waals surface area contributed by atoms with Crippen LogP contribution >= 0.6 is 0 Å². The molecule has 2 heteroatoms. The molecule has 0 radical (unpaired) electrons. The zero-order valence-corrected chi connectivity index (χ0v) is 8.88. The van der Waals surface area contributed by atoms with Crippen molar-refractivity contribution in [3.8, 4) is 0 Å². The first-order valence-corrected chi connectivity index (χ1v) is 5.59. The average Bonchev–Trinajstić information content (AvgIpc) is 2.46. The van der Waals surface area contributed by atoms with Gasteiger partial charge >= 0.3 is 0 Å². The predicted molar refractivity (Wildman–Crippen MR) is 56.2 cm³/mol. The number of rotatable bonds is 0. The molecule has 2 fully saturated rings. The van der Waals surface area contributed by atoms with Gasteiger partial charge in [0, 0.05) is 17.8 Å². The van der Waals surface area contributed by atoms with Crippen molar-refractivity contribution < 1.29 is 9.59 Å². The Hall–Kier alpha value is -1.18. The Morgan fingerprint density at radius 2 is 2.20 bits per heavy atom. The second-order valence-corrected chi connectivity index (χ2v) is 5.04. The van der Waals surface area contributed by atoms with E-state index in [4.69, 9.17) is 0 Å². The minimum atomic E-state index is -0.0575. The van der Waals surface area contributed by atoms with Gasteiger partial charge in [-0.05, 0) is 37.8 Å². The summed E-state index contributed by atoms with van der Waals surface area (Å²) in [6, 6.07) is 0. The summed E-state index contributed by atoms with van der Waals surface area (Å²) in [5.74, 6) is 0.796. The lowest BCUT2D eigenvalue weighted by atomic mass is 9.67. The Labute approximate surface area is 89.0 Å². The van der Waals surface area contributed by atoms with Crippen molar-refractivity contribution in [3.63, 3.8) is 0 Å². The second-order valence-electron chi connectivity index (χ2n) is 5.04. The normalized spacial score (nSPS) is 38.6. The molecule has 0 heterocycles. The van der Waals surface area contributed by atoms with E-state index in [0.717, 1.165) is 24.8 Å². The SMILES string of the molecule is CC1=C2CCC3CC2(C=CC1=O)CC3=O. The van der Waals surface area contributed by atoms with Crippen LogP contribution in [0.2, 0.25) is 0 Å². The summed E-state index contributed by atoms with van der Waals surface area (Å²) in [6.45, 7) is 1.91. The highest BCUT2D eigenvalue weighted by atomic mass is 16.1. The molecule has 3 rings (SSSR count). The van der Waals surface area contributed by atoms with Crippen LogP contribution in [0.25, 0.3) is 0 Å². The van der Waals surface area contributed by atoms with E-state index in [-0.39, 0.29) is 17.1 Å². The van der Waals surface area contributed by atoms with Gasteiger partial charge in [-0.15, -0.1) is 0 Å². The van der Waals surface area contributed by atoms with Gasteiger partial charge < -0.3 is 0 Å². The second kappa shape index (κ2) is 2.69. The zero-order chi connectivity index (χ0) is 10.6. The van der Waals surface area contributed by atoms with Crippen molar-refractivity contribution in [1.82, 2.24) is 0 Å². The topological polar surface area (TPSA) is 34.1 Å². The van der Waals surface area contributed by atoms with Crippen molar-refractivity contribution in [2.24, 2.45) is 11.3 Å². The molecule has 2 saturated carbocycles. The molecule has 0 amide bonds. The molecule has 78 valence electrons. The van der Waals surface area contributed by atoms with E-state index in [9.17, 15) is 9.59 Å². The number of ketones is 2. The molecule has 0 aromatic rings. The summed E-state index contributed by atoms with van der Waals surface area (Å²) in [4.78, 5) is 23.3. The van der Waals surface area contributed by atoms with Crippen LogP contribution < -0.4 is 0 Å². The van der Waals surface area contributed by atoms with E-state index in [1.165, 1.54) is 5.57 Å². The van der Waals surface area contributed by atoms with Gasteiger partial charge in [0.1, 0.15) is 5.78 Å². The molecule has 1 spiro atoms. The van der Waals surface area contributed by atoms with Crippen molar-refractivity contribution in [3.05, 3.63) is 23.3 Å². The fourth-order valence-electron chi connectivity index (χ4n) is 3.44. The fraction of sp³-hybridized carbons (Fsp3) is 0.538. The minimum Gasteiger partial charge on any atom is -0.299 e. The van der Waals surface area contributed by atoms with E-state index >= 15 is 0 Å². The zero-order valence-electron chi connectivity index (χ0n) is 8.88. The van der Waals surface area contributed by atoms with Gasteiger partial charge in [-0.3, -0.25) is 9.59 Å². The lowest BCUT2D eigenvalue weighted by Gasteiger charge is -2.36. The number of hydrogen-bond acceptors (Lipinski definition) is 2. The van der Waals surface area contributed by atoms with Gasteiger partial charge in [-0.25, -0.2) is 0 Å². The number of Topliss-reactive ketones (excluding diaryl/α,β-unsaturated/α-hetero) is 1. The highest BCUT2D eigenvalue weighted by molar-refractivity contribution is 6.06. The molecule has 3 aliphatic carbocycles. The van der Waals surface area contributed by atoms with Crippen molar-refractivity contribution >= 4 is 11.6 Å². The van der Waals surface area contributed by atoms with Crippen LogP contribution in [0.4, 0.5) is 0 Å². The number of carbonyl (C=O) groups is 2. The maximum absolute atomic E-state index is 11.8. The largest absolute Gasteiger partial charge is 0.299 e. The quantitative estimate of drug-likeness (QED) is 0.603. The van der Waals surface area contributed by atoms with Crippen LogP contribution in [-0.4, -0.2) is 11.6 Å². The lowest BCUT2D eigenvalue weighted by Crippen LogP contribution is -2.27. The standard InChI is InChI=1S/C13H14O2/c1-8-10-3-2-9-6-13(10,7-12(9)15)5-4-11(8)14/h4-5,9H,2-3,6-7H2,1H3. The van der Waals surface area contributed by atoms with Crippen LogP contribution in [0.3, 0.4) is 0 Å². The monoisotopic (exact) mass is 202 g/mol. The van der Waals surface area contributed by atoms with Crippen LogP contribution in [0.5, 0.6) is 0 Å². The molecule has 2 bridgehead atoms. The van der Waals surface area contributed by atoms with Crippen LogP contribution in [0.1, 0.15) is 32.6 Å². The predicted octanol–water partition coefficient (Wildman–Crippen LogP) is 2.20. The summed E-state index contributed by atoms with van der Waals surface area (Å²) in [5, 5.41) is 0. The third-order valence-corrected chi connectivity index (χ3v) is 4.28. The molecule has 2 nitrogen and oxygen atoms in total. The number of fused-ring (bicyclic) bond motifs is 1. The van der Waals surface area contributed by atoms with Gasteiger partial charge in [0.2, 0.25) is 0 Å². The van der Waals surface area contributed by atoms with Gasteiger partial charge in [0.05, 0.1) is 0 Å². The van der Waals surface area contributed by atoms with E-state index in [0.29, 0.717) is 12.2 Å². The molecule has 0 aromatic heterocycles. The Bertz CT molecular complexity index is 428. The molecule has 0 aliphatic heterocycles. The third kappa shape index (κ3) is 1.05. The fourth-order valence-corrected chi connectivity index (χ4v) is 3.44. The van der Waals surface area contributed by atoms with Crippen LogP contribution in [-0.2, 0) is 9.59 Å². The average molecular weight is 202 g/mol. The first-order chi connectivity index (χ1) is 7.12. The Balaban J connectivity index is 2.14. The number of carbonyl (C=O) groups excluding carboxylic acids is 2. The molecule has 2 unspecified atom stereocenters. The van der Waals surface area contributed by atoms with Crippen molar-refractivity contribution in [2.75, 3.05) is 0 Å². The van der Waals surface area contributed by atoms with Gasteiger partial charge in [-0.2, -0.15) is 0 Å². The maximum Gasteiger partial charge on any atom is 0.181 e. The van der Waals surface area contributed by atoms with E-state index in [1.807, 2.05) is 13.0 Å². The van der Waals surface area contributed by atoms with Gasteiger partial charge in [0.25, 0.3) is 0 Å². The third-order valence-electron chi connectivity index (χ3n) is 4.28. The smallest absolute Gasteiger partial charge is 0.181 e. The first-order valence-electron chi connectivity index (χ1n) is 5.59. The molecule has 0 aromatic carbocycles. The summed E-state index contributed by atoms with van der Waals surface area (Å²) < 4.78 is 0. The van der Waals surface area contributed by atoms with Crippen molar-refractivity contribution in [1.29, 1.82) is 0 Å². The summed E-state index contributed by atoms with van der Waals surface area (Å²) >= 11 is 0. The van der Waals surface area contributed by atoms with E-state index in [1.54, 1.807) is 6.08 Å². The summed E-state index contributed by atoms with van der Waals surface area (Å²) in [6.07, 6.45) is 7.14. The molecule has 2 atom stereocenters. The highest BCUT2D eigenvalue weighted by Crippen LogP contribution is 2.55. The van der Waals surface area contributed by atoms with Gasteiger partial charge in [0.15, 0.2) is 5.78 Å². The number of allylic oxidation sites excluding steroid dienone is 4. The number of hydrogen-bond donors (Lipinski definition) is 0.